The van der Waals surface area contributed by atoms with E-state index in [0.29, 0.717) is 27.6 Å². The molecule has 3 aromatic carbocycles. The number of rotatable bonds is 2. The molecule has 5 rings (SSSR count). The molecule has 0 fully saturated rings. The van der Waals surface area contributed by atoms with Gasteiger partial charge < -0.3 is 17.4 Å². The average Bonchev–Trinajstić information content (AvgIpc) is 3.34. The van der Waals surface area contributed by atoms with Gasteiger partial charge in [-0.2, -0.15) is 13.2 Å². The Morgan fingerprint density at radius 2 is 1.61 bits per heavy atom. The van der Waals surface area contributed by atoms with Crippen LogP contribution in [0.1, 0.15) is 22.3 Å². The number of benzene rings is 3. The summed E-state index contributed by atoms with van der Waals surface area (Å²) in [5.41, 5.74) is 4.27. The zero-order valence-electron chi connectivity index (χ0n) is 15.9. The van der Waals surface area contributed by atoms with Crippen LogP contribution in [0.5, 0.6) is 0 Å². The summed E-state index contributed by atoms with van der Waals surface area (Å²) in [6.07, 6.45) is -0.924. The van der Waals surface area contributed by atoms with Crippen LogP contribution in [0.25, 0.3) is 22.0 Å². The number of nitrogens with one attached hydrogen (secondary N) is 2. The minimum Gasteiger partial charge on any atom is -1.00 e. The molecular formula is C24H15ClF4N2. The lowest BCUT2D eigenvalue weighted by molar-refractivity contribution is -0.342. The third kappa shape index (κ3) is 3.53. The van der Waals surface area contributed by atoms with Gasteiger partial charge in [-0.05, 0) is 35.9 Å². The lowest BCUT2D eigenvalue weighted by atomic mass is 9.89. The molecule has 0 radical (unpaired) electrons. The predicted molar refractivity (Wildman–Crippen MR) is 109 cm³/mol. The zero-order chi connectivity index (χ0) is 20.9. The number of H-pyrrole nitrogens is 1. The summed E-state index contributed by atoms with van der Waals surface area (Å²) in [7, 11) is 0. The molecule has 156 valence electrons. The van der Waals surface area contributed by atoms with Crippen molar-refractivity contribution in [2.24, 2.45) is 0 Å². The number of halogens is 5. The number of para-hydroxylation sites is 1. The van der Waals surface area contributed by atoms with Gasteiger partial charge >= 0.3 is 6.18 Å². The Balaban J connectivity index is 0.00000231. The second kappa shape index (κ2) is 7.71. The fourth-order valence-electron chi connectivity index (χ4n) is 3.90. The zero-order valence-corrected chi connectivity index (χ0v) is 16.7. The second-order valence-electron chi connectivity index (χ2n) is 7.06. The van der Waals surface area contributed by atoms with Crippen molar-refractivity contribution in [1.29, 1.82) is 0 Å². The van der Waals surface area contributed by atoms with Crippen molar-refractivity contribution in [2.45, 2.75) is 6.18 Å². The van der Waals surface area contributed by atoms with E-state index in [0.717, 1.165) is 29.0 Å². The van der Waals surface area contributed by atoms with Gasteiger partial charge in [0.05, 0.1) is 16.7 Å². The number of hydrogen-bond acceptors (Lipinski definition) is 0. The van der Waals surface area contributed by atoms with E-state index in [1.807, 2.05) is 24.3 Å². The highest BCUT2D eigenvalue weighted by Gasteiger charge is 2.31. The van der Waals surface area contributed by atoms with Gasteiger partial charge in [-0.1, -0.05) is 30.3 Å². The Hall–Kier alpha value is -3.38. The van der Waals surface area contributed by atoms with Crippen molar-refractivity contribution in [3.8, 4) is 0 Å². The van der Waals surface area contributed by atoms with Gasteiger partial charge in [-0.25, -0.2) is 9.38 Å². The van der Waals surface area contributed by atoms with Gasteiger partial charge in [0.2, 0.25) is 5.69 Å². The number of aromatic amines is 1. The van der Waals surface area contributed by atoms with Crippen molar-refractivity contribution in [3.63, 3.8) is 0 Å². The summed E-state index contributed by atoms with van der Waals surface area (Å²) < 4.78 is 54.0. The van der Waals surface area contributed by atoms with Gasteiger partial charge in [-0.15, -0.1) is 0 Å². The van der Waals surface area contributed by atoms with Crippen LogP contribution in [0.2, 0.25) is 0 Å². The van der Waals surface area contributed by atoms with Crippen LogP contribution in [0.15, 0.2) is 72.9 Å². The molecule has 4 aromatic rings. The molecule has 2 N–H and O–H groups in total. The molecule has 31 heavy (non-hydrogen) atoms. The van der Waals surface area contributed by atoms with Crippen molar-refractivity contribution in [1.82, 2.24) is 4.98 Å². The first-order valence-corrected chi connectivity index (χ1v) is 9.30. The summed E-state index contributed by atoms with van der Waals surface area (Å²) in [5, 5.41) is 0.401. The van der Waals surface area contributed by atoms with Crippen LogP contribution in [-0.2, 0) is 6.18 Å². The topological polar surface area (TPSA) is 29.8 Å². The van der Waals surface area contributed by atoms with Crippen molar-refractivity contribution in [2.75, 3.05) is 0 Å². The van der Waals surface area contributed by atoms with E-state index in [2.05, 4.69) is 9.98 Å². The summed E-state index contributed by atoms with van der Waals surface area (Å²) in [4.78, 5) is 6.27. The highest BCUT2D eigenvalue weighted by Crippen LogP contribution is 2.39. The van der Waals surface area contributed by atoms with Crippen LogP contribution in [-0.4, -0.2) is 11.2 Å². The summed E-state index contributed by atoms with van der Waals surface area (Å²) in [6, 6.07) is 17.3. The van der Waals surface area contributed by atoms with E-state index < -0.39 is 17.6 Å². The average molecular weight is 443 g/mol. The molecule has 7 heteroatoms. The minimum absolute atomic E-state index is 0. The molecule has 0 bridgehead atoms. The van der Waals surface area contributed by atoms with Gasteiger partial charge in [0.15, 0.2) is 6.21 Å². The monoisotopic (exact) mass is 442 g/mol. The summed E-state index contributed by atoms with van der Waals surface area (Å²) in [5.74, 6) is -0.395. The summed E-state index contributed by atoms with van der Waals surface area (Å²) in [6.45, 7) is 0. The highest BCUT2D eigenvalue weighted by atomic mass is 35.5. The fraction of sp³-hybridized carbons (Fsp3) is 0.0417. The SMILES string of the molecule is Fc1cccc2[nH]cc(C(=C3C=[NH+]c4ccccc43)c3ccc(C(F)(F)F)cc3)c12.[Cl-]. The Morgan fingerprint density at radius 1 is 0.871 bits per heavy atom. The molecule has 0 amide bonds. The molecule has 2 heterocycles. The Bertz CT molecular complexity index is 1330. The Kier molecular flexibility index (Phi) is 5.19. The maximum Gasteiger partial charge on any atom is 0.416 e. The van der Waals surface area contributed by atoms with Gasteiger partial charge in [0.1, 0.15) is 5.82 Å². The van der Waals surface area contributed by atoms with Crippen molar-refractivity contribution < 1.29 is 35.0 Å². The quantitative estimate of drug-likeness (QED) is 0.445. The molecule has 1 aromatic heterocycles. The second-order valence-corrected chi connectivity index (χ2v) is 7.06. The van der Waals surface area contributed by atoms with E-state index >= 15 is 0 Å². The molecule has 0 spiro atoms. The van der Waals surface area contributed by atoms with E-state index in [1.54, 1.807) is 24.5 Å². The van der Waals surface area contributed by atoms with Crippen LogP contribution >= 0.6 is 0 Å². The van der Waals surface area contributed by atoms with E-state index in [9.17, 15) is 17.6 Å². The third-order valence-electron chi connectivity index (χ3n) is 5.28. The van der Waals surface area contributed by atoms with Crippen LogP contribution in [0.3, 0.4) is 0 Å². The predicted octanol–water partition coefficient (Wildman–Crippen LogP) is 2.09. The molecule has 1 aliphatic heterocycles. The molecule has 0 unspecified atom stereocenters. The van der Waals surface area contributed by atoms with Crippen LogP contribution in [0, 0.1) is 5.82 Å². The maximum atomic E-state index is 14.7. The van der Waals surface area contributed by atoms with Crippen LogP contribution < -0.4 is 17.4 Å². The molecule has 0 saturated heterocycles. The van der Waals surface area contributed by atoms with Gasteiger partial charge in [0, 0.05) is 34.3 Å². The first kappa shape index (κ1) is 20.9. The van der Waals surface area contributed by atoms with Crippen LogP contribution in [0.4, 0.5) is 23.2 Å². The Labute approximate surface area is 181 Å². The first-order chi connectivity index (χ1) is 14.4. The minimum atomic E-state index is -4.42. The molecule has 0 aliphatic carbocycles. The summed E-state index contributed by atoms with van der Waals surface area (Å²) >= 11 is 0. The number of aromatic nitrogens is 1. The number of allylic oxidation sites excluding steroid dienone is 1. The third-order valence-corrected chi connectivity index (χ3v) is 5.28. The molecule has 1 aliphatic rings. The molecule has 0 atom stereocenters. The molecular weight excluding hydrogens is 428 g/mol. The molecule has 2 nitrogen and oxygen atoms in total. The molecule has 0 saturated carbocycles. The lowest BCUT2D eigenvalue weighted by Gasteiger charge is -2.12. The smallest absolute Gasteiger partial charge is 0.416 e. The highest BCUT2D eigenvalue weighted by molar-refractivity contribution is 6.24. The normalized spacial score (nSPS) is 14.5. The fourth-order valence-corrected chi connectivity index (χ4v) is 3.90. The first-order valence-electron chi connectivity index (χ1n) is 9.30. The van der Waals surface area contributed by atoms with E-state index in [1.165, 1.54) is 18.2 Å². The number of fused-ring (bicyclic) bond motifs is 2. The van der Waals surface area contributed by atoms with Gasteiger partial charge in [0.25, 0.3) is 0 Å². The van der Waals surface area contributed by atoms with Crippen molar-refractivity contribution >= 4 is 34.0 Å². The number of alkyl halides is 3. The van der Waals surface area contributed by atoms with E-state index in [4.69, 9.17) is 0 Å². The Morgan fingerprint density at radius 3 is 2.35 bits per heavy atom. The lowest BCUT2D eigenvalue weighted by Crippen LogP contribution is -3.00. The largest absolute Gasteiger partial charge is 1.00 e. The standard InChI is InChI=1S/C24H14F4N2.ClH/c25-19-5-3-7-21-23(19)18(13-30-21)22(14-8-10-15(11-9-14)24(26,27)28)17-12-29-20-6-2-1-4-16(17)20;/h1-13,30H;1H. The van der Waals surface area contributed by atoms with Gasteiger partial charge in [-0.3, -0.25) is 0 Å². The van der Waals surface area contributed by atoms with E-state index in [-0.39, 0.29) is 12.4 Å². The number of hydrogen-bond donors (Lipinski definition) is 2. The maximum absolute atomic E-state index is 14.7. The van der Waals surface area contributed by atoms with Crippen molar-refractivity contribution in [3.05, 3.63) is 101 Å².